The first-order chi connectivity index (χ1) is 21.1. The third-order valence-corrected chi connectivity index (χ3v) is 10.0. The molecular formula is C34H36FN5O4. The van der Waals surface area contributed by atoms with E-state index in [9.17, 15) is 19.1 Å². The molecule has 44 heavy (non-hydrogen) atoms. The van der Waals surface area contributed by atoms with E-state index in [0.29, 0.717) is 47.2 Å². The van der Waals surface area contributed by atoms with Gasteiger partial charge in [0.15, 0.2) is 0 Å². The molecule has 7 rings (SSSR count). The second-order valence-electron chi connectivity index (χ2n) is 12.8. The number of nitrogens with one attached hydrogen (secondary N) is 1. The van der Waals surface area contributed by atoms with Crippen LogP contribution in [0.15, 0.2) is 48.5 Å². The first-order valence-electron chi connectivity index (χ1n) is 15.3. The van der Waals surface area contributed by atoms with Gasteiger partial charge >= 0.3 is 0 Å². The van der Waals surface area contributed by atoms with Crippen LogP contribution in [0.5, 0.6) is 5.88 Å². The number of aromatic nitrogens is 3. The number of benzene rings is 1. The minimum atomic E-state index is -1.51. The second kappa shape index (κ2) is 10.4. The Balaban J connectivity index is 1.26. The molecule has 1 aromatic carbocycles. The molecule has 9 nitrogen and oxygen atoms in total. The number of fused-ring (bicyclic) bond motifs is 2. The molecule has 0 saturated heterocycles. The van der Waals surface area contributed by atoms with Crippen molar-refractivity contribution in [3.63, 3.8) is 0 Å². The highest BCUT2D eigenvalue weighted by molar-refractivity contribution is 5.96. The quantitative estimate of drug-likeness (QED) is 0.260. The van der Waals surface area contributed by atoms with E-state index < -0.39 is 16.9 Å². The van der Waals surface area contributed by atoms with Gasteiger partial charge in [-0.05, 0) is 105 Å². The SMILES string of the molecule is COc1cc(C(=O)NC[C@](O)(c2cc3c(c(-c4ccc(F)cc4)n2)CC[C@]3(C)C(N)=O)C2CCC2)cc2cc(C3CC3)nn12. The van der Waals surface area contributed by atoms with Gasteiger partial charge in [-0.1, -0.05) is 6.42 Å². The largest absolute Gasteiger partial charge is 0.481 e. The molecule has 228 valence electrons. The Labute approximate surface area is 254 Å². The van der Waals surface area contributed by atoms with Crippen LogP contribution in [0, 0.1) is 11.7 Å². The van der Waals surface area contributed by atoms with Crippen LogP contribution in [0.1, 0.15) is 84.2 Å². The Morgan fingerprint density at radius 1 is 1.16 bits per heavy atom. The zero-order chi connectivity index (χ0) is 30.8. The number of nitrogens with zero attached hydrogens (tertiary/aromatic N) is 3. The number of halogens is 1. The van der Waals surface area contributed by atoms with Crippen LogP contribution in [-0.2, 0) is 22.2 Å². The molecule has 3 aliphatic rings. The smallest absolute Gasteiger partial charge is 0.251 e. The Bertz CT molecular complexity index is 1800. The summed E-state index contributed by atoms with van der Waals surface area (Å²) in [5.41, 5.74) is 8.84. The predicted molar refractivity (Wildman–Crippen MR) is 162 cm³/mol. The maximum absolute atomic E-state index is 13.8. The van der Waals surface area contributed by atoms with Crippen LogP contribution >= 0.6 is 0 Å². The van der Waals surface area contributed by atoms with Crippen molar-refractivity contribution >= 4 is 17.3 Å². The molecule has 3 aromatic heterocycles. The number of rotatable bonds is 9. The van der Waals surface area contributed by atoms with E-state index in [1.54, 1.807) is 42.0 Å². The van der Waals surface area contributed by atoms with E-state index in [1.807, 2.05) is 13.0 Å². The number of nitrogens with two attached hydrogens (primary N) is 1. The van der Waals surface area contributed by atoms with Crippen LogP contribution < -0.4 is 15.8 Å². The molecule has 2 atom stereocenters. The van der Waals surface area contributed by atoms with Gasteiger partial charge in [-0.2, -0.15) is 5.10 Å². The van der Waals surface area contributed by atoms with E-state index in [2.05, 4.69) is 10.4 Å². The summed E-state index contributed by atoms with van der Waals surface area (Å²) in [6, 6.07) is 13.3. The molecule has 4 N–H and O–H groups in total. The number of pyridine rings is 2. The molecule has 3 heterocycles. The molecule has 0 spiro atoms. The van der Waals surface area contributed by atoms with E-state index in [1.165, 1.54) is 12.1 Å². The first-order valence-corrected chi connectivity index (χ1v) is 15.3. The number of primary amides is 1. The van der Waals surface area contributed by atoms with Crippen molar-refractivity contribution < 1.29 is 23.8 Å². The lowest BCUT2D eigenvalue weighted by atomic mass is 9.70. The highest BCUT2D eigenvalue weighted by Crippen LogP contribution is 2.47. The molecule has 0 bridgehead atoms. The summed E-state index contributed by atoms with van der Waals surface area (Å²) in [7, 11) is 1.54. The maximum Gasteiger partial charge on any atom is 0.251 e. The number of amides is 2. The number of ether oxygens (including phenoxy) is 1. The zero-order valence-electron chi connectivity index (χ0n) is 24.9. The zero-order valence-corrected chi connectivity index (χ0v) is 24.9. The fourth-order valence-electron chi connectivity index (χ4n) is 6.74. The topological polar surface area (TPSA) is 132 Å². The van der Waals surface area contributed by atoms with Gasteiger partial charge in [-0.25, -0.2) is 13.9 Å². The van der Waals surface area contributed by atoms with Gasteiger partial charge in [0, 0.05) is 23.1 Å². The monoisotopic (exact) mass is 597 g/mol. The van der Waals surface area contributed by atoms with E-state index in [-0.39, 0.29) is 24.2 Å². The lowest BCUT2D eigenvalue weighted by Crippen LogP contribution is -2.49. The number of hydrogen-bond donors (Lipinski definition) is 3. The Morgan fingerprint density at radius 3 is 2.55 bits per heavy atom. The average molecular weight is 598 g/mol. The number of carbonyl (C=O) groups excluding carboxylic acids is 2. The van der Waals surface area contributed by atoms with E-state index in [4.69, 9.17) is 15.5 Å². The van der Waals surface area contributed by atoms with Gasteiger partial charge in [0.25, 0.3) is 5.91 Å². The van der Waals surface area contributed by atoms with Gasteiger partial charge < -0.3 is 20.9 Å². The summed E-state index contributed by atoms with van der Waals surface area (Å²) in [6.45, 7) is 1.73. The molecule has 0 aliphatic heterocycles. The first kappa shape index (κ1) is 28.5. The highest BCUT2D eigenvalue weighted by atomic mass is 19.1. The van der Waals surface area contributed by atoms with Crippen LogP contribution in [0.2, 0.25) is 0 Å². The van der Waals surface area contributed by atoms with Gasteiger partial charge in [0.2, 0.25) is 11.8 Å². The third kappa shape index (κ3) is 4.63. The lowest BCUT2D eigenvalue weighted by molar-refractivity contribution is -0.122. The molecule has 2 amide bonds. The number of carbonyl (C=O) groups is 2. The van der Waals surface area contributed by atoms with E-state index >= 15 is 0 Å². The van der Waals surface area contributed by atoms with Crippen molar-refractivity contribution in [2.45, 2.75) is 68.8 Å². The fourth-order valence-corrected chi connectivity index (χ4v) is 6.74. The van der Waals surface area contributed by atoms with Crippen LogP contribution in [0.25, 0.3) is 16.8 Å². The van der Waals surface area contributed by atoms with Crippen LogP contribution in [0.4, 0.5) is 4.39 Å². The Kier molecular flexibility index (Phi) is 6.73. The molecule has 4 aromatic rings. The average Bonchev–Trinajstić information content (AvgIpc) is 3.65. The van der Waals surface area contributed by atoms with Crippen LogP contribution in [-0.4, -0.2) is 45.2 Å². The molecule has 3 aliphatic carbocycles. The second-order valence-corrected chi connectivity index (χ2v) is 12.8. The van der Waals surface area contributed by atoms with Crippen molar-refractivity contribution in [1.29, 1.82) is 0 Å². The summed E-state index contributed by atoms with van der Waals surface area (Å²) in [5.74, 6) is -0.433. The molecule has 0 unspecified atom stereocenters. The summed E-state index contributed by atoms with van der Waals surface area (Å²) < 4.78 is 21.1. The standard InChI is InChI=1S/C34H36FN5O4/c1-33(32(36)42)13-12-25-26(33)17-28(38-30(25)20-8-10-23(35)11-9-20)34(43,22-4-3-5-22)18-37-31(41)21-14-24-16-27(19-6-7-19)39-40(24)29(15-21)44-2/h8-11,14-17,19,22,43H,3-7,12-13,18H2,1-2H3,(H2,36,42)(H,37,41)/t33-,34+/m0/s1. The minimum absolute atomic E-state index is 0.0848. The molecule has 10 heteroatoms. The van der Waals surface area contributed by atoms with Gasteiger partial charge in [0.05, 0.1) is 41.7 Å². The van der Waals surface area contributed by atoms with Crippen molar-refractivity contribution in [3.8, 4) is 17.1 Å². The molecular weight excluding hydrogens is 561 g/mol. The summed E-state index contributed by atoms with van der Waals surface area (Å²) in [4.78, 5) is 31.3. The third-order valence-electron chi connectivity index (χ3n) is 10.0. The number of methoxy groups -OCH3 is 1. The van der Waals surface area contributed by atoms with Crippen molar-refractivity contribution in [2.75, 3.05) is 13.7 Å². The summed E-state index contributed by atoms with van der Waals surface area (Å²) in [6.07, 6.45) is 5.79. The fraction of sp³-hybridized carbons (Fsp3) is 0.412. The Hall–Kier alpha value is -4.31. The molecule has 0 radical (unpaired) electrons. The minimum Gasteiger partial charge on any atom is -0.481 e. The van der Waals surface area contributed by atoms with Gasteiger partial charge in [-0.3, -0.25) is 9.59 Å². The predicted octanol–water partition coefficient (Wildman–Crippen LogP) is 4.53. The summed E-state index contributed by atoms with van der Waals surface area (Å²) in [5, 5.41) is 20.0. The normalized spacial score (nSPS) is 21.0. The molecule has 2 saturated carbocycles. The van der Waals surface area contributed by atoms with Crippen molar-refractivity contribution in [3.05, 3.63) is 82.4 Å². The number of aliphatic hydroxyl groups is 1. The highest BCUT2D eigenvalue weighted by Gasteiger charge is 2.47. The van der Waals surface area contributed by atoms with E-state index in [0.717, 1.165) is 54.4 Å². The maximum atomic E-state index is 13.8. The van der Waals surface area contributed by atoms with Gasteiger partial charge in [0.1, 0.15) is 11.4 Å². The van der Waals surface area contributed by atoms with Crippen molar-refractivity contribution in [1.82, 2.24) is 19.9 Å². The van der Waals surface area contributed by atoms with Crippen molar-refractivity contribution in [2.24, 2.45) is 11.7 Å². The number of hydrogen-bond acceptors (Lipinski definition) is 6. The summed E-state index contributed by atoms with van der Waals surface area (Å²) >= 11 is 0. The van der Waals surface area contributed by atoms with Crippen LogP contribution in [0.3, 0.4) is 0 Å². The lowest BCUT2D eigenvalue weighted by Gasteiger charge is -2.41. The van der Waals surface area contributed by atoms with Gasteiger partial charge in [-0.15, -0.1) is 0 Å². The Morgan fingerprint density at radius 2 is 1.91 bits per heavy atom. The molecule has 2 fully saturated rings.